The number of rotatable bonds is 9. The van der Waals surface area contributed by atoms with Crippen LogP contribution in [0.3, 0.4) is 0 Å². The van der Waals surface area contributed by atoms with E-state index in [0.717, 1.165) is 28.1 Å². The first kappa shape index (κ1) is 26.6. The maximum Gasteiger partial charge on any atom is 0.269 e. The fourth-order valence-corrected chi connectivity index (χ4v) is 4.52. The first-order valence-corrected chi connectivity index (χ1v) is 12.7. The third-order valence-electron chi connectivity index (χ3n) is 5.69. The van der Waals surface area contributed by atoms with Gasteiger partial charge >= 0.3 is 0 Å². The van der Waals surface area contributed by atoms with E-state index in [0.29, 0.717) is 11.0 Å². The van der Waals surface area contributed by atoms with E-state index >= 15 is 0 Å². The van der Waals surface area contributed by atoms with Crippen molar-refractivity contribution >= 4 is 35.0 Å². The van der Waals surface area contributed by atoms with Crippen molar-refractivity contribution in [1.29, 1.82) is 0 Å². The van der Waals surface area contributed by atoms with Crippen molar-refractivity contribution in [3.05, 3.63) is 105 Å². The minimum atomic E-state index is -0.519. The summed E-state index contributed by atoms with van der Waals surface area (Å²) in [6.45, 7) is 5.96. The molecule has 0 atom stereocenters. The largest absolute Gasteiger partial charge is 0.345 e. The lowest BCUT2D eigenvalue weighted by Gasteiger charge is -2.14. The summed E-state index contributed by atoms with van der Waals surface area (Å²) in [5.41, 5.74) is 4.82. The summed E-state index contributed by atoms with van der Waals surface area (Å²) in [6, 6.07) is 18.9. The zero-order valence-corrected chi connectivity index (χ0v) is 21.9. The Hall–Kier alpha value is -4.51. The Morgan fingerprint density at radius 1 is 0.974 bits per heavy atom. The van der Waals surface area contributed by atoms with E-state index in [1.165, 1.54) is 36.0 Å². The number of non-ortho nitro benzene ring substituents is 1. The van der Waals surface area contributed by atoms with Gasteiger partial charge in [0, 0.05) is 23.4 Å². The number of amides is 2. The molecule has 0 saturated heterocycles. The molecule has 10 nitrogen and oxygen atoms in total. The average Bonchev–Trinajstić information content (AvgIpc) is 3.30. The second-order valence-electron chi connectivity index (χ2n) is 8.72. The number of hydrogen-bond donors (Lipinski definition) is 2. The van der Waals surface area contributed by atoms with Crippen LogP contribution in [0.1, 0.15) is 32.9 Å². The Morgan fingerprint density at radius 3 is 2.42 bits per heavy atom. The molecule has 4 rings (SSSR count). The van der Waals surface area contributed by atoms with Gasteiger partial charge in [0.2, 0.25) is 5.91 Å². The lowest BCUT2D eigenvalue weighted by Crippen LogP contribution is -2.24. The van der Waals surface area contributed by atoms with Crippen LogP contribution in [0.4, 0.5) is 11.4 Å². The summed E-state index contributed by atoms with van der Waals surface area (Å²) in [4.78, 5) is 35.7. The number of thioether (sulfide) groups is 1. The predicted octanol–water partition coefficient (Wildman–Crippen LogP) is 4.76. The highest BCUT2D eigenvalue weighted by Gasteiger charge is 2.19. The average molecular weight is 531 g/mol. The Labute approximate surface area is 223 Å². The molecular formula is C27H26N6O4S. The van der Waals surface area contributed by atoms with Gasteiger partial charge in [0.15, 0.2) is 11.0 Å². The Morgan fingerprint density at radius 2 is 1.71 bits per heavy atom. The molecule has 0 aliphatic carbocycles. The predicted molar refractivity (Wildman–Crippen MR) is 146 cm³/mol. The lowest BCUT2D eigenvalue weighted by molar-refractivity contribution is -0.384. The number of carbonyl (C=O) groups is 2. The lowest BCUT2D eigenvalue weighted by atomic mass is 10.1. The van der Waals surface area contributed by atoms with Crippen LogP contribution in [0.25, 0.3) is 5.69 Å². The number of nitrogens with zero attached hydrogens (tertiary/aromatic N) is 4. The highest BCUT2D eigenvalue weighted by molar-refractivity contribution is 7.99. The normalized spacial score (nSPS) is 10.7. The van der Waals surface area contributed by atoms with Gasteiger partial charge in [-0.05, 0) is 67.8 Å². The van der Waals surface area contributed by atoms with Crippen LogP contribution in [0.15, 0.2) is 71.9 Å². The van der Waals surface area contributed by atoms with Gasteiger partial charge in [0.1, 0.15) is 0 Å². The number of hydrogen-bond acceptors (Lipinski definition) is 7. The molecule has 1 aromatic heterocycles. The van der Waals surface area contributed by atoms with Crippen LogP contribution >= 0.6 is 11.8 Å². The van der Waals surface area contributed by atoms with Crippen LogP contribution in [-0.2, 0) is 11.3 Å². The van der Waals surface area contributed by atoms with Crippen LogP contribution in [0, 0.1) is 30.9 Å². The van der Waals surface area contributed by atoms with Gasteiger partial charge in [-0.1, -0.05) is 36.0 Å². The number of nitrogens with one attached hydrogen (secondary N) is 2. The third-order valence-corrected chi connectivity index (χ3v) is 6.62. The van der Waals surface area contributed by atoms with Gasteiger partial charge in [-0.15, -0.1) is 10.2 Å². The van der Waals surface area contributed by atoms with E-state index in [1.807, 2.05) is 67.8 Å². The van der Waals surface area contributed by atoms with Crippen molar-refractivity contribution in [2.75, 3.05) is 11.1 Å². The van der Waals surface area contributed by atoms with Crippen molar-refractivity contribution in [3.8, 4) is 5.69 Å². The van der Waals surface area contributed by atoms with Crippen LogP contribution in [0.2, 0.25) is 0 Å². The smallest absolute Gasteiger partial charge is 0.269 e. The van der Waals surface area contributed by atoms with E-state index in [4.69, 9.17) is 0 Å². The molecule has 0 aliphatic heterocycles. The highest BCUT2D eigenvalue weighted by Crippen LogP contribution is 2.26. The zero-order chi connectivity index (χ0) is 27.2. The maximum atomic E-state index is 12.7. The quantitative estimate of drug-likeness (QED) is 0.181. The summed E-state index contributed by atoms with van der Waals surface area (Å²) >= 11 is 1.24. The summed E-state index contributed by atoms with van der Waals surface area (Å²) in [7, 11) is 0. The first-order chi connectivity index (χ1) is 18.2. The number of nitro benzene ring substituents is 1. The van der Waals surface area contributed by atoms with Gasteiger partial charge in [-0.25, -0.2) is 0 Å². The monoisotopic (exact) mass is 530 g/mol. The van der Waals surface area contributed by atoms with Crippen molar-refractivity contribution < 1.29 is 14.5 Å². The van der Waals surface area contributed by atoms with Gasteiger partial charge in [0.25, 0.3) is 11.6 Å². The SMILES string of the molecule is Cc1cccc(NC(=O)CSc2nnc(CNC(=O)c3ccc([N+](=O)[O-])cc3)n2-c2cc(C)ccc2C)c1. The molecule has 11 heteroatoms. The number of anilines is 1. The molecular weight excluding hydrogens is 504 g/mol. The topological polar surface area (TPSA) is 132 Å². The summed E-state index contributed by atoms with van der Waals surface area (Å²) < 4.78 is 1.84. The molecule has 0 bridgehead atoms. The Bertz CT molecular complexity index is 1500. The van der Waals surface area contributed by atoms with E-state index in [1.54, 1.807) is 0 Å². The first-order valence-electron chi connectivity index (χ1n) is 11.7. The number of benzene rings is 3. The van der Waals surface area contributed by atoms with Crippen LogP contribution < -0.4 is 10.6 Å². The molecule has 3 aromatic carbocycles. The van der Waals surface area contributed by atoms with E-state index in [-0.39, 0.29) is 29.5 Å². The van der Waals surface area contributed by atoms with Gasteiger partial charge in [-0.2, -0.15) is 0 Å². The van der Waals surface area contributed by atoms with Gasteiger partial charge < -0.3 is 10.6 Å². The molecule has 0 radical (unpaired) electrons. The van der Waals surface area contributed by atoms with Crippen molar-refractivity contribution in [3.63, 3.8) is 0 Å². The summed E-state index contributed by atoms with van der Waals surface area (Å²) in [6.07, 6.45) is 0. The molecule has 4 aromatic rings. The van der Waals surface area contributed by atoms with E-state index in [9.17, 15) is 19.7 Å². The van der Waals surface area contributed by atoms with Crippen molar-refractivity contribution in [2.45, 2.75) is 32.5 Å². The van der Waals surface area contributed by atoms with Gasteiger partial charge in [0.05, 0.1) is 22.9 Å². The van der Waals surface area contributed by atoms with Crippen molar-refractivity contribution in [2.24, 2.45) is 0 Å². The molecule has 0 spiro atoms. The highest BCUT2D eigenvalue weighted by atomic mass is 32.2. The molecule has 0 unspecified atom stereocenters. The standard InChI is InChI=1S/C27H26N6O4S/c1-17-5-4-6-21(13-17)29-25(34)16-38-27-31-30-24(32(27)23-14-18(2)7-8-19(23)3)15-28-26(35)20-9-11-22(12-10-20)33(36)37/h4-14H,15-16H2,1-3H3,(H,28,35)(H,29,34). The number of carbonyl (C=O) groups excluding carboxylic acids is 2. The molecule has 0 fully saturated rings. The fourth-order valence-electron chi connectivity index (χ4n) is 3.76. The fraction of sp³-hybridized carbons (Fsp3) is 0.185. The molecule has 0 saturated carbocycles. The number of nitro groups is 1. The number of aryl methyl sites for hydroxylation is 3. The van der Waals surface area contributed by atoms with Gasteiger partial charge in [-0.3, -0.25) is 24.3 Å². The molecule has 38 heavy (non-hydrogen) atoms. The molecule has 194 valence electrons. The minimum Gasteiger partial charge on any atom is -0.345 e. The minimum absolute atomic E-state index is 0.0618. The maximum absolute atomic E-state index is 12.7. The zero-order valence-electron chi connectivity index (χ0n) is 21.1. The second kappa shape index (κ2) is 11.7. The molecule has 1 heterocycles. The Balaban J connectivity index is 1.53. The van der Waals surface area contributed by atoms with Crippen LogP contribution in [-0.4, -0.2) is 37.3 Å². The second-order valence-corrected chi connectivity index (χ2v) is 9.66. The summed E-state index contributed by atoms with van der Waals surface area (Å²) in [5, 5.41) is 25.7. The molecule has 2 amide bonds. The van der Waals surface area contributed by atoms with E-state index < -0.39 is 10.8 Å². The van der Waals surface area contributed by atoms with Crippen molar-refractivity contribution in [1.82, 2.24) is 20.1 Å². The van der Waals surface area contributed by atoms with Crippen LogP contribution in [0.5, 0.6) is 0 Å². The van der Waals surface area contributed by atoms with E-state index in [2.05, 4.69) is 20.8 Å². The molecule has 2 N–H and O–H groups in total. The summed E-state index contributed by atoms with van der Waals surface area (Å²) in [5.74, 6) is 0.0216. The Kier molecular flexibility index (Phi) is 8.17. The molecule has 0 aliphatic rings. The third kappa shape index (κ3) is 6.43. The number of aromatic nitrogens is 3.